The Morgan fingerprint density at radius 2 is 2.23 bits per heavy atom. The molecule has 0 aliphatic carbocycles. The van der Waals surface area contributed by atoms with Gasteiger partial charge in [0.2, 0.25) is 4.88 Å². The first-order valence-corrected chi connectivity index (χ1v) is 8.40. The third-order valence-electron chi connectivity index (χ3n) is 3.04. The lowest BCUT2D eigenvalue weighted by atomic mass is 10.1. The number of nitriles is 1. The van der Waals surface area contributed by atoms with Crippen LogP contribution in [-0.4, -0.2) is 17.6 Å². The van der Waals surface area contributed by atoms with Crippen LogP contribution in [0.3, 0.4) is 0 Å². The van der Waals surface area contributed by atoms with E-state index in [9.17, 15) is 15.2 Å². The van der Waals surface area contributed by atoms with Gasteiger partial charge in [-0.05, 0) is 24.1 Å². The molecule has 0 radical (unpaired) electrons. The van der Waals surface area contributed by atoms with Crippen molar-refractivity contribution >= 4 is 16.4 Å². The molecule has 0 aliphatic heterocycles. The molecule has 6 heteroatoms. The number of hydrogen-bond acceptors (Lipinski definition) is 5. The van der Waals surface area contributed by atoms with Crippen molar-refractivity contribution in [2.24, 2.45) is 12.2 Å². The van der Waals surface area contributed by atoms with Gasteiger partial charge in [-0.2, -0.15) is 5.26 Å². The molecule has 1 unspecified atom stereocenters. The Hall–Kier alpha value is -2.39. The van der Waals surface area contributed by atoms with Gasteiger partial charge in [-0.25, -0.2) is 4.98 Å². The van der Waals surface area contributed by atoms with Crippen LogP contribution in [0.5, 0.6) is 5.75 Å². The number of aromatic carboxylic acids is 1. The van der Waals surface area contributed by atoms with Crippen LogP contribution < -0.4 is 9.84 Å². The van der Waals surface area contributed by atoms with Crippen molar-refractivity contribution in [2.75, 3.05) is 6.61 Å². The van der Waals surface area contributed by atoms with Gasteiger partial charge < -0.3 is 14.6 Å². The molecule has 22 heavy (non-hydrogen) atoms. The van der Waals surface area contributed by atoms with Crippen molar-refractivity contribution in [1.82, 2.24) is 4.98 Å². The molecule has 1 atom stereocenters. The topological polar surface area (TPSA) is 86.0 Å². The number of carbonyl (C=O) groups excluding carboxylic acids is 1. The Labute approximate surface area is 131 Å². The van der Waals surface area contributed by atoms with E-state index in [4.69, 9.17) is 4.74 Å². The second kappa shape index (κ2) is 6.58. The molecule has 0 saturated heterocycles. The van der Waals surface area contributed by atoms with E-state index in [-0.39, 0.29) is 4.88 Å². The summed E-state index contributed by atoms with van der Waals surface area (Å²) in [5, 5.41) is 20.9. The maximum absolute atomic E-state index is 11.0. The maximum Gasteiger partial charge on any atom is 0.274 e. The summed E-state index contributed by atoms with van der Waals surface area (Å²) in [6.07, 6.45) is 3.10. The van der Waals surface area contributed by atoms with E-state index in [1.807, 2.05) is 13.8 Å². The van der Waals surface area contributed by atoms with Crippen LogP contribution in [0.4, 0.5) is 0 Å². The van der Waals surface area contributed by atoms with Crippen LogP contribution in [0, 0.1) is 17.2 Å². The van der Waals surface area contributed by atoms with Gasteiger partial charge in [-0.1, -0.05) is 13.8 Å². The van der Waals surface area contributed by atoms with E-state index >= 15 is 0 Å². The van der Waals surface area contributed by atoms with Crippen molar-refractivity contribution in [1.29, 1.82) is 5.26 Å². The third kappa shape index (κ3) is 3.26. The molecule has 1 heterocycles. The summed E-state index contributed by atoms with van der Waals surface area (Å²) in [5.41, 5.74) is 1.14. The van der Waals surface area contributed by atoms with E-state index in [0.29, 0.717) is 28.8 Å². The fraction of sp³-hybridized carbons (Fsp3) is 0.312. The van der Waals surface area contributed by atoms with Crippen LogP contribution in [-0.2, 0) is 6.26 Å². The Morgan fingerprint density at radius 1 is 1.50 bits per heavy atom. The second-order valence-electron chi connectivity index (χ2n) is 5.25. The molecule has 0 aliphatic rings. The highest BCUT2D eigenvalue weighted by molar-refractivity contribution is 7.33. The number of thiazole rings is 1. The molecule has 0 bridgehead atoms. The van der Waals surface area contributed by atoms with Crippen LogP contribution in [0.1, 0.15) is 29.1 Å². The van der Waals surface area contributed by atoms with E-state index in [1.54, 1.807) is 24.5 Å². The van der Waals surface area contributed by atoms with Gasteiger partial charge in [0.15, 0.2) is 0 Å². The van der Waals surface area contributed by atoms with Crippen LogP contribution in [0.25, 0.3) is 10.6 Å². The Morgan fingerprint density at radius 3 is 2.77 bits per heavy atom. The first kappa shape index (κ1) is 16.0. The SMILES string of the molecule is CC(C)COc1ccc(-c2ncc(C(=O)[O-])[s+]2C)cc1C#N. The van der Waals surface area contributed by atoms with Gasteiger partial charge in [0.05, 0.1) is 23.9 Å². The lowest BCUT2D eigenvalue weighted by Crippen LogP contribution is -2.21. The summed E-state index contributed by atoms with van der Waals surface area (Å²) in [6, 6.07) is 7.32. The molecule has 0 amide bonds. The van der Waals surface area contributed by atoms with Gasteiger partial charge >= 0.3 is 0 Å². The smallest absolute Gasteiger partial charge is 0.274 e. The minimum Gasteiger partial charge on any atom is -0.540 e. The standard InChI is InChI=1S/C16H16N2O3S/c1-10(2)9-21-13-5-4-11(6-12(13)7-17)15-18-8-14(16(19)20)22(15)3/h4-6,8,10H,9H2,1-3H3. The van der Waals surface area contributed by atoms with Gasteiger partial charge in [0, 0.05) is 10.5 Å². The van der Waals surface area contributed by atoms with Crippen molar-refractivity contribution in [3.63, 3.8) is 0 Å². The number of rotatable bonds is 5. The van der Waals surface area contributed by atoms with Gasteiger partial charge in [-0.15, -0.1) is 0 Å². The number of carboxylic acid groups (broad SMARTS) is 1. The molecule has 2 aromatic rings. The Balaban J connectivity index is 2.38. The minimum absolute atomic E-state index is 0.175. The number of benzene rings is 1. The number of carboxylic acids is 1. The number of aromatic nitrogens is 1. The summed E-state index contributed by atoms with van der Waals surface area (Å²) in [5.74, 6) is -0.314. The Kier molecular flexibility index (Phi) is 4.78. The molecule has 0 saturated carbocycles. The number of carbonyl (C=O) groups is 1. The molecule has 1 aromatic heterocycles. The highest BCUT2D eigenvalue weighted by Crippen LogP contribution is 2.35. The summed E-state index contributed by atoms with van der Waals surface area (Å²) in [4.78, 5) is 15.3. The van der Waals surface area contributed by atoms with Crippen molar-refractivity contribution < 1.29 is 14.6 Å². The lowest BCUT2D eigenvalue weighted by molar-refractivity contribution is -0.254. The summed E-state index contributed by atoms with van der Waals surface area (Å²) < 4.78 is 5.62. The predicted molar refractivity (Wildman–Crippen MR) is 82.5 cm³/mol. The van der Waals surface area contributed by atoms with Crippen LogP contribution in [0.15, 0.2) is 24.4 Å². The molecule has 0 spiro atoms. The monoisotopic (exact) mass is 316 g/mol. The molecule has 0 fully saturated rings. The van der Waals surface area contributed by atoms with E-state index in [1.165, 1.54) is 6.20 Å². The summed E-state index contributed by atoms with van der Waals surface area (Å²) in [7, 11) is -0.659. The molecule has 2 rings (SSSR count). The second-order valence-corrected chi connectivity index (χ2v) is 7.10. The lowest BCUT2D eigenvalue weighted by Gasteiger charge is -2.10. The molecule has 114 valence electrons. The molecular formula is C16H16N2O3S. The van der Waals surface area contributed by atoms with Gasteiger partial charge in [0.25, 0.3) is 5.01 Å². The van der Waals surface area contributed by atoms with Crippen molar-refractivity contribution in [3.05, 3.63) is 34.8 Å². The normalized spacial score (nSPS) is 11.3. The van der Waals surface area contributed by atoms with E-state index < -0.39 is 16.4 Å². The zero-order valence-electron chi connectivity index (χ0n) is 12.6. The molecular weight excluding hydrogens is 300 g/mol. The zero-order valence-corrected chi connectivity index (χ0v) is 13.4. The highest BCUT2D eigenvalue weighted by Gasteiger charge is 2.22. The molecule has 5 nitrogen and oxygen atoms in total. The highest BCUT2D eigenvalue weighted by atomic mass is 32.2. The molecule has 1 aromatic carbocycles. The van der Waals surface area contributed by atoms with Crippen molar-refractivity contribution in [3.8, 4) is 22.4 Å². The zero-order chi connectivity index (χ0) is 16.3. The minimum atomic E-state index is -1.21. The van der Waals surface area contributed by atoms with E-state index in [0.717, 1.165) is 5.56 Å². The van der Waals surface area contributed by atoms with Gasteiger partial charge in [-0.3, -0.25) is 0 Å². The molecule has 0 N–H and O–H groups in total. The largest absolute Gasteiger partial charge is 0.540 e. The first-order valence-electron chi connectivity index (χ1n) is 6.76. The number of ether oxygens (including phenoxy) is 1. The summed E-state index contributed by atoms with van der Waals surface area (Å²) >= 11 is 0. The van der Waals surface area contributed by atoms with Crippen molar-refractivity contribution in [2.45, 2.75) is 13.8 Å². The third-order valence-corrected chi connectivity index (χ3v) is 4.89. The average molecular weight is 316 g/mol. The first-order chi connectivity index (χ1) is 10.4. The fourth-order valence-electron chi connectivity index (χ4n) is 1.94. The van der Waals surface area contributed by atoms with Crippen LogP contribution in [0.2, 0.25) is 0 Å². The predicted octanol–water partition coefficient (Wildman–Crippen LogP) is 2.30. The van der Waals surface area contributed by atoms with Gasteiger partial charge in [0.1, 0.15) is 24.0 Å². The maximum atomic E-state index is 11.0. The van der Waals surface area contributed by atoms with E-state index in [2.05, 4.69) is 11.1 Å². The number of nitrogens with zero attached hydrogens (tertiary/aromatic N) is 2. The quantitative estimate of drug-likeness (QED) is 0.790. The summed E-state index contributed by atoms with van der Waals surface area (Å²) in [6.45, 7) is 4.59. The number of hydrogen-bond donors (Lipinski definition) is 0. The fourth-order valence-corrected chi connectivity index (χ4v) is 3.30. The Bertz CT molecular complexity index is 744. The van der Waals surface area contributed by atoms with Crippen LogP contribution >= 0.6 is 10.5 Å². The average Bonchev–Trinajstić information content (AvgIpc) is 2.86.